The summed E-state index contributed by atoms with van der Waals surface area (Å²) in [6, 6.07) is 35.3. The number of rotatable bonds is 11. The first-order valence-corrected chi connectivity index (χ1v) is 16.7. The third-order valence-corrected chi connectivity index (χ3v) is 9.43. The van der Waals surface area contributed by atoms with Crippen LogP contribution in [0.1, 0.15) is 40.4 Å². The maximum absolute atomic E-state index is 13.5. The minimum atomic E-state index is -0.490. The largest absolute Gasteiger partial charge is 0.321 e. The lowest BCUT2D eigenvalue weighted by Crippen LogP contribution is -2.30. The molecule has 0 fully saturated rings. The van der Waals surface area contributed by atoms with E-state index in [0.29, 0.717) is 28.2 Å². The Morgan fingerprint density at radius 2 is 1.60 bits per heavy atom. The standard InChI is InChI=1S/C38H32N4O3S2/c1-3-34(37(45)42-38-31(23-39)32(24-46-38)27-19-17-25(2)18-20-27)47-30-16-10-15-29(22-30)40-36(44)33(21-26-11-6-4-7-12-26)41-35(43)28-13-8-5-9-14-28/h4-22,24,34H,3H2,1-2H3,(H,40,44)(H,41,43)(H,42,45)/b33-21-. The molecule has 0 bridgehead atoms. The Hall–Kier alpha value is -5.43. The number of carbonyl (C=O) groups is 3. The van der Waals surface area contributed by atoms with E-state index in [1.165, 1.54) is 23.1 Å². The van der Waals surface area contributed by atoms with E-state index < -0.39 is 17.1 Å². The number of carbonyl (C=O) groups excluding carboxylic acids is 3. The summed E-state index contributed by atoms with van der Waals surface area (Å²) in [7, 11) is 0. The van der Waals surface area contributed by atoms with Crippen LogP contribution in [0.15, 0.2) is 125 Å². The van der Waals surface area contributed by atoms with E-state index >= 15 is 0 Å². The Bertz CT molecular complexity index is 1950. The van der Waals surface area contributed by atoms with Crippen molar-refractivity contribution < 1.29 is 14.4 Å². The number of aryl methyl sites for hydroxylation is 1. The van der Waals surface area contributed by atoms with Crippen LogP contribution in [0, 0.1) is 18.3 Å². The van der Waals surface area contributed by atoms with Gasteiger partial charge in [0.25, 0.3) is 11.8 Å². The predicted molar refractivity (Wildman–Crippen MR) is 191 cm³/mol. The quantitative estimate of drug-likeness (QED) is 0.0975. The second-order valence-corrected chi connectivity index (χ2v) is 12.8. The van der Waals surface area contributed by atoms with Crippen molar-refractivity contribution in [3.8, 4) is 17.2 Å². The Labute approximate surface area is 282 Å². The maximum atomic E-state index is 13.5. The van der Waals surface area contributed by atoms with Gasteiger partial charge >= 0.3 is 0 Å². The van der Waals surface area contributed by atoms with Crippen LogP contribution in [-0.4, -0.2) is 23.0 Å². The van der Waals surface area contributed by atoms with E-state index in [1.54, 1.807) is 48.5 Å². The smallest absolute Gasteiger partial charge is 0.272 e. The molecule has 0 aliphatic carbocycles. The highest BCUT2D eigenvalue weighted by Gasteiger charge is 2.22. The SMILES string of the molecule is CCC(Sc1cccc(NC(=O)/C(=C/c2ccccc2)NC(=O)c2ccccc2)c1)C(=O)Nc1scc(-c2ccc(C)cc2)c1C#N. The lowest BCUT2D eigenvalue weighted by Gasteiger charge is -2.16. The molecule has 1 heterocycles. The van der Waals surface area contributed by atoms with Crippen LogP contribution >= 0.6 is 23.1 Å². The maximum Gasteiger partial charge on any atom is 0.272 e. The summed E-state index contributed by atoms with van der Waals surface area (Å²) in [4.78, 5) is 40.6. The van der Waals surface area contributed by atoms with E-state index in [0.717, 1.165) is 27.1 Å². The molecule has 4 aromatic carbocycles. The number of nitriles is 1. The normalized spacial score (nSPS) is 11.6. The van der Waals surface area contributed by atoms with Gasteiger partial charge in [-0.25, -0.2) is 0 Å². The number of amides is 3. The zero-order valence-corrected chi connectivity index (χ0v) is 27.5. The lowest BCUT2D eigenvalue weighted by atomic mass is 10.0. The van der Waals surface area contributed by atoms with Gasteiger partial charge in [-0.1, -0.05) is 91.3 Å². The number of nitrogens with one attached hydrogen (secondary N) is 3. The van der Waals surface area contributed by atoms with E-state index in [-0.39, 0.29) is 11.6 Å². The molecular formula is C38H32N4O3S2. The first-order chi connectivity index (χ1) is 22.8. The molecule has 0 radical (unpaired) electrons. The summed E-state index contributed by atoms with van der Waals surface area (Å²) in [6.45, 7) is 3.93. The topological polar surface area (TPSA) is 111 Å². The predicted octanol–water partition coefficient (Wildman–Crippen LogP) is 8.51. The molecule has 47 heavy (non-hydrogen) atoms. The van der Waals surface area contributed by atoms with Crippen molar-refractivity contribution in [2.75, 3.05) is 10.6 Å². The van der Waals surface area contributed by atoms with Gasteiger partial charge in [0.2, 0.25) is 5.91 Å². The molecule has 3 N–H and O–H groups in total. The summed E-state index contributed by atoms with van der Waals surface area (Å²) < 4.78 is 0. The van der Waals surface area contributed by atoms with Gasteiger partial charge in [-0.15, -0.1) is 23.1 Å². The van der Waals surface area contributed by atoms with Crippen molar-refractivity contribution in [3.63, 3.8) is 0 Å². The summed E-state index contributed by atoms with van der Waals surface area (Å²) >= 11 is 2.70. The highest BCUT2D eigenvalue weighted by atomic mass is 32.2. The number of nitrogens with zero attached hydrogens (tertiary/aromatic N) is 1. The van der Waals surface area contributed by atoms with Gasteiger partial charge in [0.15, 0.2) is 0 Å². The third-order valence-electron chi connectivity index (χ3n) is 7.17. The van der Waals surface area contributed by atoms with Gasteiger partial charge in [0.05, 0.1) is 10.8 Å². The minimum absolute atomic E-state index is 0.0863. The Morgan fingerprint density at radius 1 is 0.894 bits per heavy atom. The molecule has 1 aromatic heterocycles. The van der Waals surface area contributed by atoms with Crippen molar-refractivity contribution in [1.82, 2.24) is 5.32 Å². The van der Waals surface area contributed by atoms with E-state index in [2.05, 4.69) is 22.0 Å². The Balaban J connectivity index is 1.29. The molecule has 7 nitrogen and oxygen atoms in total. The molecule has 0 spiro atoms. The molecule has 234 valence electrons. The molecule has 1 unspecified atom stereocenters. The Kier molecular flexibility index (Phi) is 11.0. The van der Waals surface area contributed by atoms with Crippen LogP contribution in [0.5, 0.6) is 0 Å². The summed E-state index contributed by atoms with van der Waals surface area (Å²) in [5.41, 5.74) is 5.06. The minimum Gasteiger partial charge on any atom is -0.321 e. The Morgan fingerprint density at radius 3 is 2.28 bits per heavy atom. The highest BCUT2D eigenvalue weighted by molar-refractivity contribution is 8.00. The molecule has 5 aromatic rings. The van der Waals surface area contributed by atoms with Crippen LogP contribution in [0.4, 0.5) is 10.7 Å². The average Bonchev–Trinajstić information content (AvgIpc) is 3.50. The summed E-state index contributed by atoms with van der Waals surface area (Å²) in [6.07, 6.45) is 2.16. The highest BCUT2D eigenvalue weighted by Crippen LogP contribution is 2.36. The van der Waals surface area contributed by atoms with E-state index in [4.69, 9.17) is 0 Å². The number of thioether (sulfide) groups is 1. The molecule has 0 aliphatic rings. The van der Waals surface area contributed by atoms with Crippen molar-refractivity contribution in [3.05, 3.63) is 143 Å². The average molecular weight is 657 g/mol. The van der Waals surface area contributed by atoms with E-state index in [9.17, 15) is 19.6 Å². The number of hydrogen-bond acceptors (Lipinski definition) is 6. The van der Waals surface area contributed by atoms with Crippen LogP contribution in [-0.2, 0) is 9.59 Å². The molecule has 0 saturated carbocycles. The fourth-order valence-corrected chi connectivity index (χ4v) is 6.63. The first kappa shape index (κ1) is 32.9. The van der Waals surface area contributed by atoms with Gasteiger partial charge in [0.1, 0.15) is 16.8 Å². The summed E-state index contributed by atoms with van der Waals surface area (Å²) in [5, 5.41) is 20.5. The number of hydrogen-bond donors (Lipinski definition) is 3. The molecule has 0 saturated heterocycles. The van der Waals surface area contributed by atoms with Crippen molar-refractivity contribution >= 4 is 57.6 Å². The number of anilines is 2. The van der Waals surface area contributed by atoms with Crippen LogP contribution in [0.3, 0.4) is 0 Å². The van der Waals surface area contributed by atoms with Gasteiger partial charge < -0.3 is 16.0 Å². The third kappa shape index (κ3) is 8.64. The second-order valence-electron chi connectivity index (χ2n) is 10.6. The summed E-state index contributed by atoms with van der Waals surface area (Å²) in [5.74, 6) is -1.10. The molecule has 1 atom stereocenters. The van der Waals surface area contributed by atoms with E-state index in [1.807, 2.05) is 86.0 Å². The number of thiophene rings is 1. The van der Waals surface area contributed by atoms with Crippen LogP contribution in [0.25, 0.3) is 17.2 Å². The zero-order valence-electron chi connectivity index (χ0n) is 25.8. The van der Waals surface area contributed by atoms with Gasteiger partial charge in [-0.2, -0.15) is 5.26 Å². The fraction of sp³-hybridized carbons (Fsp3) is 0.105. The molecule has 5 rings (SSSR count). The van der Waals surface area contributed by atoms with Crippen LogP contribution in [0.2, 0.25) is 0 Å². The van der Waals surface area contributed by atoms with Gasteiger partial charge in [-0.3, -0.25) is 14.4 Å². The van der Waals surface area contributed by atoms with Crippen molar-refractivity contribution in [1.29, 1.82) is 5.26 Å². The molecule has 9 heteroatoms. The van der Waals surface area contributed by atoms with Gasteiger partial charge in [0, 0.05) is 27.1 Å². The number of benzene rings is 4. The molecular weight excluding hydrogens is 625 g/mol. The molecule has 0 aliphatic heterocycles. The fourth-order valence-electron chi connectivity index (χ4n) is 4.69. The first-order valence-electron chi connectivity index (χ1n) is 14.9. The lowest BCUT2D eigenvalue weighted by molar-refractivity contribution is -0.116. The van der Waals surface area contributed by atoms with Crippen LogP contribution < -0.4 is 16.0 Å². The molecule has 3 amide bonds. The van der Waals surface area contributed by atoms with Crippen molar-refractivity contribution in [2.24, 2.45) is 0 Å². The second kappa shape index (κ2) is 15.7. The van der Waals surface area contributed by atoms with Crippen molar-refractivity contribution in [2.45, 2.75) is 30.4 Å². The van der Waals surface area contributed by atoms with Gasteiger partial charge in [-0.05, 0) is 60.9 Å². The zero-order chi connectivity index (χ0) is 33.2. The monoisotopic (exact) mass is 656 g/mol.